The van der Waals surface area contributed by atoms with E-state index >= 15 is 0 Å². The zero-order valence-electron chi connectivity index (χ0n) is 15.9. The van der Waals surface area contributed by atoms with Gasteiger partial charge in [-0.1, -0.05) is 58.4 Å². The van der Waals surface area contributed by atoms with E-state index in [0.29, 0.717) is 30.9 Å². The van der Waals surface area contributed by atoms with Crippen LogP contribution in [0.2, 0.25) is 10.0 Å². The van der Waals surface area contributed by atoms with Gasteiger partial charge in [0.25, 0.3) is 0 Å². The standard InChI is InChI=1S/C19H17Cl2N5O2S2/c1-10(17(28)24-15-8-4-7-14(20)16(15)21)29-19-26-25-18(30-19)23-13-6-3-5-12(9-13)22-11(2)27/h3-10H,1-2H3,(H,22,27)(H,23,25)(H,24,28). The first kappa shape index (κ1) is 22.4. The van der Waals surface area contributed by atoms with E-state index in [1.807, 2.05) is 12.1 Å². The van der Waals surface area contributed by atoms with Crippen molar-refractivity contribution in [3.05, 3.63) is 52.5 Å². The van der Waals surface area contributed by atoms with Crippen LogP contribution in [0.25, 0.3) is 0 Å². The zero-order valence-corrected chi connectivity index (χ0v) is 19.0. The molecule has 1 heterocycles. The van der Waals surface area contributed by atoms with Crippen molar-refractivity contribution in [3.8, 4) is 0 Å². The minimum absolute atomic E-state index is 0.145. The van der Waals surface area contributed by atoms with Crippen molar-refractivity contribution in [1.82, 2.24) is 10.2 Å². The summed E-state index contributed by atoms with van der Waals surface area (Å²) >= 11 is 14.7. The molecule has 11 heteroatoms. The molecule has 1 atom stereocenters. The molecule has 0 saturated carbocycles. The fourth-order valence-corrected chi connectivity index (χ4v) is 4.61. The number of aromatic nitrogens is 2. The van der Waals surface area contributed by atoms with Gasteiger partial charge in [-0.15, -0.1) is 10.2 Å². The summed E-state index contributed by atoms with van der Waals surface area (Å²) in [7, 11) is 0. The lowest BCUT2D eigenvalue weighted by molar-refractivity contribution is -0.115. The maximum Gasteiger partial charge on any atom is 0.237 e. The van der Waals surface area contributed by atoms with Crippen molar-refractivity contribution in [2.24, 2.45) is 0 Å². The van der Waals surface area contributed by atoms with Crippen LogP contribution >= 0.6 is 46.3 Å². The number of nitrogens with zero attached hydrogens (tertiary/aromatic N) is 2. The molecule has 0 spiro atoms. The summed E-state index contributed by atoms with van der Waals surface area (Å²) in [6, 6.07) is 12.3. The second kappa shape index (κ2) is 10.1. The Morgan fingerprint density at radius 3 is 2.57 bits per heavy atom. The van der Waals surface area contributed by atoms with Crippen molar-refractivity contribution in [2.45, 2.75) is 23.4 Å². The number of benzene rings is 2. The summed E-state index contributed by atoms with van der Waals surface area (Å²) in [6.07, 6.45) is 0. The molecule has 156 valence electrons. The van der Waals surface area contributed by atoms with Crippen LogP contribution in [0.15, 0.2) is 46.8 Å². The van der Waals surface area contributed by atoms with Crippen LogP contribution < -0.4 is 16.0 Å². The van der Waals surface area contributed by atoms with Crippen molar-refractivity contribution < 1.29 is 9.59 Å². The van der Waals surface area contributed by atoms with E-state index in [9.17, 15) is 9.59 Å². The van der Waals surface area contributed by atoms with E-state index < -0.39 is 5.25 Å². The smallest absolute Gasteiger partial charge is 0.237 e. The van der Waals surface area contributed by atoms with Crippen molar-refractivity contribution in [1.29, 1.82) is 0 Å². The monoisotopic (exact) mass is 481 g/mol. The highest BCUT2D eigenvalue weighted by molar-refractivity contribution is 8.02. The Hall–Kier alpha value is -2.33. The summed E-state index contributed by atoms with van der Waals surface area (Å²) in [6.45, 7) is 3.22. The first-order chi connectivity index (χ1) is 14.3. The summed E-state index contributed by atoms with van der Waals surface area (Å²) in [5.41, 5.74) is 1.90. The van der Waals surface area contributed by atoms with Gasteiger partial charge in [-0.05, 0) is 37.3 Å². The van der Waals surface area contributed by atoms with Crippen molar-refractivity contribution in [3.63, 3.8) is 0 Å². The third-order valence-corrected chi connectivity index (χ3v) is 6.54. The molecule has 1 aromatic heterocycles. The lowest BCUT2D eigenvalue weighted by Gasteiger charge is -2.12. The number of hydrogen-bond acceptors (Lipinski definition) is 7. The lowest BCUT2D eigenvalue weighted by atomic mass is 10.3. The average Bonchev–Trinajstić information content (AvgIpc) is 3.11. The fraction of sp³-hybridized carbons (Fsp3) is 0.158. The molecule has 3 N–H and O–H groups in total. The molecule has 2 amide bonds. The SMILES string of the molecule is CC(=O)Nc1cccc(Nc2nnc(SC(C)C(=O)Nc3cccc(Cl)c3Cl)s2)c1. The lowest BCUT2D eigenvalue weighted by Crippen LogP contribution is -2.22. The minimum atomic E-state index is -0.427. The molecule has 0 saturated heterocycles. The van der Waals surface area contributed by atoms with Gasteiger partial charge in [0, 0.05) is 18.3 Å². The van der Waals surface area contributed by atoms with Gasteiger partial charge >= 0.3 is 0 Å². The van der Waals surface area contributed by atoms with E-state index in [-0.39, 0.29) is 11.8 Å². The van der Waals surface area contributed by atoms with Crippen LogP contribution in [0.1, 0.15) is 13.8 Å². The fourth-order valence-electron chi connectivity index (χ4n) is 2.35. The highest BCUT2D eigenvalue weighted by Gasteiger charge is 2.19. The topological polar surface area (TPSA) is 96.0 Å². The summed E-state index contributed by atoms with van der Waals surface area (Å²) < 4.78 is 0.635. The number of carbonyl (C=O) groups is 2. The molecule has 1 unspecified atom stereocenters. The molecular formula is C19H17Cl2N5O2S2. The van der Waals surface area contributed by atoms with E-state index in [2.05, 4.69) is 26.1 Å². The molecule has 0 aliphatic carbocycles. The quantitative estimate of drug-likeness (QED) is 0.376. The number of anilines is 4. The van der Waals surface area contributed by atoms with Gasteiger partial charge in [0.05, 0.1) is 21.0 Å². The van der Waals surface area contributed by atoms with E-state index in [4.69, 9.17) is 23.2 Å². The van der Waals surface area contributed by atoms with Gasteiger partial charge in [-0.3, -0.25) is 9.59 Å². The molecular weight excluding hydrogens is 465 g/mol. The number of rotatable bonds is 7. The van der Waals surface area contributed by atoms with E-state index in [0.717, 1.165) is 5.69 Å². The molecule has 0 aliphatic heterocycles. The van der Waals surface area contributed by atoms with Crippen LogP contribution in [-0.2, 0) is 9.59 Å². The molecule has 30 heavy (non-hydrogen) atoms. The van der Waals surface area contributed by atoms with E-state index in [1.165, 1.54) is 30.0 Å². The Morgan fingerprint density at radius 2 is 1.80 bits per heavy atom. The largest absolute Gasteiger partial charge is 0.330 e. The maximum absolute atomic E-state index is 12.5. The van der Waals surface area contributed by atoms with Crippen molar-refractivity contribution >= 4 is 80.3 Å². The Kier molecular flexibility index (Phi) is 7.54. The van der Waals surface area contributed by atoms with Crippen LogP contribution in [0.5, 0.6) is 0 Å². The zero-order chi connectivity index (χ0) is 21.7. The molecule has 2 aromatic carbocycles. The van der Waals surface area contributed by atoms with Crippen LogP contribution in [0.4, 0.5) is 22.2 Å². The van der Waals surface area contributed by atoms with Crippen LogP contribution in [-0.4, -0.2) is 27.3 Å². The highest BCUT2D eigenvalue weighted by Crippen LogP contribution is 2.33. The molecule has 0 bridgehead atoms. The maximum atomic E-state index is 12.5. The predicted octanol–water partition coefficient (Wildman–Crippen LogP) is 5.67. The molecule has 0 aliphatic rings. The summed E-state index contributed by atoms with van der Waals surface area (Å²) in [4.78, 5) is 23.7. The van der Waals surface area contributed by atoms with Gasteiger partial charge in [-0.25, -0.2) is 0 Å². The predicted molar refractivity (Wildman–Crippen MR) is 124 cm³/mol. The Labute approximate surface area is 191 Å². The van der Waals surface area contributed by atoms with Gasteiger partial charge in [-0.2, -0.15) is 0 Å². The highest BCUT2D eigenvalue weighted by atomic mass is 35.5. The average molecular weight is 482 g/mol. The minimum Gasteiger partial charge on any atom is -0.330 e. The van der Waals surface area contributed by atoms with Gasteiger partial charge < -0.3 is 16.0 Å². The Bertz CT molecular complexity index is 1080. The number of amides is 2. The first-order valence-corrected chi connectivity index (χ1v) is 11.2. The normalized spacial score (nSPS) is 11.6. The molecule has 7 nitrogen and oxygen atoms in total. The number of nitrogens with one attached hydrogen (secondary N) is 3. The van der Waals surface area contributed by atoms with Crippen LogP contribution in [0.3, 0.4) is 0 Å². The van der Waals surface area contributed by atoms with E-state index in [1.54, 1.807) is 37.3 Å². The third-order valence-electron chi connectivity index (χ3n) is 3.70. The molecule has 0 fully saturated rings. The third kappa shape index (κ3) is 6.09. The number of carbonyl (C=O) groups excluding carboxylic acids is 2. The Morgan fingerprint density at radius 1 is 1.07 bits per heavy atom. The second-order valence-corrected chi connectivity index (χ2v) is 9.46. The first-order valence-electron chi connectivity index (χ1n) is 8.71. The van der Waals surface area contributed by atoms with Gasteiger partial charge in [0.1, 0.15) is 0 Å². The summed E-state index contributed by atoms with van der Waals surface area (Å²) in [5.74, 6) is -0.370. The van der Waals surface area contributed by atoms with Crippen LogP contribution in [0, 0.1) is 0 Å². The molecule has 3 rings (SSSR count). The van der Waals surface area contributed by atoms with Crippen molar-refractivity contribution in [2.75, 3.05) is 16.0 Å². The molecule has 3 aromatic rings. The number of thioether (sulfide) groups is 1. The second-order valence-electron chi connectivity index (χ2n) is 6.11. The number of hydrogen-bond donors (Lipinski definition) is 3. The van der Waals surface area contributed by atoms with Gasteiger partial charge in [0.2, 0.25) is 16.9 Å². The Balaban J connectivity index is 1.60. The summed E-state index contributed by atoms with van der Waals surface area (Å²) in [5, 5.41) is 17.7. The number of halogens is 2. The van der Waals surface area contributed by atoms with Gasteiger partial charge in [0.15, 0.2) is 4.34 Å². The molecule has 0 radical (unpaired) electrons.